The predicted octanol–water partition coefficient (Wildman–Crippen LogP) is 2.06. The van der Waals surface area contributed by atoms with Gasteiger partial charge in [0.2, 0.25) is 0 Å². The number of nitrogens with one attached hydrogen (secondary N) is 1. The molecule has 0 aliphatic heterocycles. The Morgan fingerprint density at radius 1 is 1.33 bits per heavy atom. The lowest BCUT2D eigenvalue weighted by molar-refractivity contribution is 0.765. The Morgan fingerprint density at radius 2 is 2.00 bits per heavy atom. The van der Waals surface area contributed by atoms with Crippen LogP contribution in [0.15, 0.2) is 28.7 Å². The molecule has 0 saturated heterocycles. The summed E-state index contributed by atoms with van der Waals surface area (Å²) in [6.45, 7) is 1.15. The molecule has 1 aromatic carbocycles. The molecular formula is C9H9BrN2. The van der Waals surface area contributed by atoms with Gasteiger partial charge in [-0.25, -0.2) is 0 Å². The van der Waals surface area contributed by atoms with Crippen LogP contribution < -0.4 is 5.32 Å². The van der Waals surface area contributed by atoms with Crippen LogP contribution >= 0.6 is 15.9 Å². The zero-order valence-corrected chi connectivity index (χ0v) is 8.13. The van der Waals surface area contributed by atoms with Crippen molar-refractivity contribution in [2.45, 2.75) is 6.54 Å². The van der Waals surface area contributed by atoms with Crippen molar-refractivity contribution < 1.29 is 0 Å². The Bertz CT molecular complexity index is 274. The first kappa shape index (κ1) is 9.24. The highest BCUT2D eigenvalue weighted by molar-refractivity contribution is 9.10. The highest BCUT2D eigenvalue weighted by atomic mass is 79.9. The van der Waals surface area contributed by atoms with E-state index in [-0.39, 0.29) is 0 Å². The number of rotatable bonds is 3. The Balaban J connectivity index is 2.43. The summed E-state index contributed by atoms with van der Waals surface area (Å²) in [5, 5.41) is 11.3. The molecule has 12 heavy (non-hydrogen) atoms. The fourth-order valence-electron chi connectivity index (χ4n) is 0.865. The number of nitriles is 1. The molecule has 0 aromatic heterocycles. The highest BCUT2D eigenvalue weighted by Crippen LogP contribution is 2.09. The Hall–Kier alpha value is -0.850. The lowest BCUT2D eigenvalue weighted by atomic mass is 10.2. The predicted molar refractivity (Wildman–Crippen MR) is 51.5 cm³/mol. The van der Waals surface area contributed by atoms with Crippen molar-refractivity contribution in [2.75, 3.05) is 6.54 Å². The van der Waals surface area contributed by atoms with Crippen LogP contribution in [0.25, 0.3) is 0 Å². The second-order valence-corrected chi connectivity index (χ2v) is 3.30. The first-order valence-electron chi connectivity index (χ1n) is 3.65. The van der Waals surface area contributed by atoms with E-state index >= 15 is 0 Å². The summed E-state index contributed by atoms with van der Waals surface area (Å²) >= 11 is 3.35. The summed E-state index contributed by atoms with van der Waals surface area (Å²) in [6, 6.07) is 10.1. The topological polar surface area (TPSA) is 35.8 Å². The minimum atomic E-state index is 0.399. The highest BCUT2D eigenvalue weighted by Gasteiger charge is 1.90. The average molecular weight is 225 g/mol. The molecule has 62 valence electrons. The summed E-state index contributed by atoms with van der Waals surface area (Å²) in [4.78, 5) is 0. The zero-order valence-electron chi connectivity index (χ0n) is 6.55. The Labute approximate surface area is 80.3 Å². The van der Waals surface area contributed by atoms with Gasteiger partial charge >= 0.3 is 0 Å². The SMILES string of the molecule is N#CCNCc1ccc(Br)cc1. The minimum Gasteiger partial charge on any atom is -0.300 e. The average Bonchev–Trinajstić information content (AvgIpc) is 2.09. The standard InChI is InChI=1S/C9H9BrN2/c10-9-3-1-8(2-4-9)7-12-6-5-11/h1-4,12H,6-7H2. The maximum absolute atomic E-state index is 8.27. The van der Waals surface area contributed by atoms with Gasteiger partial charge in [-0.2, -0.15) is 5.26 Å². The zero-order chi connectivity index (χ0) is 8.81. The van der Waals surface area contributed by atoms with Crippen LogP contribution in [0, 0.1) is 11.3 Å². The first-order valence-corrected chi connectivity index (χ1v) is 4.44. The monoisotopic (exact) mass is 224 g/mol. The van der Waals surface area contributed by atoms with E-state index in [1.165, 1.54) is 5.56 Å². The van der Waals surface area contributed by atoms with Crippen molar-refractivity contribution in [3.63, 3.8) is 0 Å². The molecular weight excluding hydrogens is 216 g/mol. The molecule has 0 unspecified atom stereocenters. The summed E-state index contributed by atoms with van der Waals surface area (Å²) < 4.78 is 1.08. The van der Waals surface area contributed by atoms with Gasteiger partial charge in [0.25, 0.3) is 0 Å². The van der Waals surface area contributed by atoms with E-state index < -0.39 is 0 Å². The fraction of sp³-hybridized carbons (Fsp3) is 0.222. The van der Waals surface area contributed by atoms with E-state index in [1.54, 1.807) is 0 Å². The van der Waals surface area contributed by atoms with Crippen molar-refractivity contribution in [1.29, 1.82) is 5.26 Å². The number of hydrogen-bond donors (Lipinski definition) is 1. The molecule has 3 heteroatoms. The van der Waals surface area contributed by atoms with Gasteiger partial charge in [0.05, 0.1) is 12.6 Å². The maximum Gasteiger partial charge on any atom is 0.0843 e. The molecule has 0 fully saturated rings. The third-order valence-electron chi connectivity index (χ3n) is 1.45. The van der Waals surface area contributed by atoms with Crippen LogP contribution in [-0.2, 0) is 6.54 Å². The van der Waals surface area contributed by atoms with Crippen LogP contribution in [0.3, 0.4) is 0 Å². The van der Waals surface area contributed by atoms with Gasteiger partial charge < -0.3 is 5.32 Å². The maximum atomic E-state index is 8.27. The molecule has 1 N–H and O–H groups in total. The summed E-state index contributed by atoms with van der Waals surface area (Å²) in [7, 11) is 0. The number of halogens is 1. The molecule has 0 spiro atoms. The summed E-state index contributed by atoms with van der Waals surface area (Å²) in [6.07, 6.45) is 0. The molecule has 1 aromatic rings. The second-order valence-electron chi connectivity index (χ2n) is 2.39. The lowest BCUT2D eigenvalue weighted by Crippen LogP contribution is -2.12. The quantitative estimate of drug-likeness (QED) is 0.631. The molecule has 0 aliphatic rings. The van der Waals surface area contributed by atoms with Gasteiger partial charge in [0.15, 0.2) is 0 Å². The molecule has 0 bridgehead atoms. The molecule has 0 radical (unpaired) electrons. The van der Waals surface area contributed by atoms with Crippen molar-refractivity contribution in [3.05, 3.63) is 34.3 Å². The molecule has 0 heterocycles. The molecule has 0 atom stereocenters. The molecule has 1 rings (SSSR count). The normalized spacial score (nSPS) is 9.33. The number of nitrogens with zero attached hydrogens (tertiary/aromatic N) is 1. The lowest BCUT2D eigenvalue weighted by Gasteiger charge is -1.99. The number of benzene rings is 1. The van der Waals surface area contributed by atoms with Gasteiger partial charge in [0.1, 0.15) is 0 Å². The van der Waals surface area contributed by atoms with Gasteiger partial charge in [-0.3, -0.25) is 0 Å². The Kier molecular flexibility index (Phi) is 3.78. The molecule has 0 amide bonds. The molecule has 0 aliphatic carbocycles. The minimum absolute atomic E-state index is 0.399. The van der Waals surface area contributed by atoms with E-state index in [4.69, 9.17) is 5.26 Å². The van der Waals surface area contributed by atoms with Crippen LogP contribution in [0.4, 0.5) is 0 Å². The Morgan fingerprint density at radius 3 is 2.58 bits per heavy atom. The second kappa shape index (κ2) is 4.91. The van der Waals surface area contributed by atoms with Crippen molar-refractivity contribution >= 4 is 15.9 Å². The van der Waals surface area contributed by atoms with E-state index in [9.17, 15) is 0 Å². The van der Waals surface area contributed by atoms with Crippen molar-refractivity contribution in [3.8, 4) is 6.07 Å². The van der Waals surface area contributed by atoms with Gasteiger partial charge in [-0.05, 0) is 17.7 Å². The van der Waals surface area contributed by atoms with Crippen LogP contribution in [-0.4, -0.2) is 6.54 Å². The summed E-state index contributed by atoms with van der Waals surface area (Å²) in [5.74, 6) is 0. The van der Waals surface area contributed by atoms with Crippen LogP contribution in [0.5, 0.6) is 0 Å². The third kappa shape index (κ3) is 3.04. The van der Waals surface area contributed by atoms with E-state index in [1.807, 2.05) is 30.3 Å². The smallest absolute Gasteiger partial charge is 0.0843 e. The first-order chi connectivity index (χ1) is 5.83. The summed E-state index contributed by atoms with van der Waals surface area (Å²) in [5.41, 5.74) is 1.19. The third-order valence-corrected chi connectivity index (χ3v) is 1.98. The van der Waals surface area contributed by atoms with E-state index in [2.05, 4.69) is 21.2 Å². The van der Waals surface area contributed by atoms with E-state index in [0.29, 0.717) is 6.54 Å². The largest absolute Gasteiger partial charge is 0.300 e. The number of hydrogen-bond acceptors (Lipinski definition) is 2. The van der Waals surface area contributed by atoms with Gasteiger partial charge in [-0.15, -0.1) is 0 Å². The van der Waals surface area contributed by atoms with E-state index in [0.717, 1.165) is 11.0 Å². The van der Waals surface area contributed by atoms with Crippen LogP contribution in [0.1, 0.15) is 5.56 Å². The van der Waals surface area contributed by atoms with Crippen LogP contribution in [0.2, 0.25) is 0 Å². The molecule has 2 nitrogen and oxygen atoms in total. The molecule has 0 saturated carbocycles. The van der Waals surface area contributed by atoms with Crippen molar-refractivity contribution in [2.24, 2.45) is 0 Å². The van der Waals surface area contributed by atoms with Crippen molar-refractivity contribution in [1.82, 2.24) is 5.32 Å². The van der Waals surface area contributed by atoms with Gasteiger partial charge in [0, 0.05) is 11.0 Å². The van der Waals surface area contributed by atoms with Gasteiger partial charge in [-0.1, -0.05) is 28.1 Å². The fourth-order valence-corrected chi connectivity index (χ4v) is 1.13.